The lowest BCUT2D eigenvalue weighted by molar-refractivity contribution is -0.119. The number of ether oxygens (including phenoxy) is 1. The summed E-state index contributed by atoms with van der Waals surface area (Å²) >= 11 is 16.1. The maximum absolute atomic E-state index is 10.5. The summed E-state index contributed by atoms with van der Waals surface area (Å²) in [6, 6.07) is 0. The maximum Gasteiger partial charge on any atom is 0.216 e. The predicted octanol–water partition coefficient (Wildman–Crippen LogP) is 0.992. The van der Waals surface area contributed by atoms with Crippen molar-refractivity contribution in [3.05, 3.63) is 6.23 Å². The van der Waals surface area contributed by atoms with Gasteiger partial charge in [-0.15, -0.1) is 34.8 Å². The molecule has 0 bridgehead atoms. The molecule has 0 aromatic heterocycles. The molecular formula is C4H3Cl3NO2-. The minimum atomic E-state index is -1.66. The van der Waals surface area contributed by atoms with E-state index in [0.29, 0.717) is 0 Å². The third-order valence-corrected chi connectivity index (χ3v) is 1.37. The van der Waals surface area contributed by atoms with Gasteiger partial charge >= 0.3 is 0 Å². The summed E-state index contributed by atoms with van der Waals surface area (Å²) in [6.45, 7) is -0.0801. The molecule has 0 spiro atoms. The van der Waals surface area contributed by atoms with Crippen molar-refractivity contribution >= 4 is 40.7 Å². The minimum absolute atomic E-state index is 0.0255. The molecule has 6 heteroatoms. The number of alkyl halides is 3. The number of hydrogen-bond donors (Lipinski definition) is 1. The van der Waals surface area contributed by atoms with Crippen molar-refractivity contribution in [2.45, 2.75) is 3.79 Å². The summed E-state index contributed by atoms with van der Waals surface area (Å²) in [4.78, 5) is 10.5. The summed E-state index contributed by atoms with van der Waals surface area (Å²) < 4.78 is 3.03. The molecule has 0 saturated carbocycles. The van der Waals surface area contributed by atoms with Crippen molar-refractivity contribution in [1.29, 1.82) is 0 Å². The highest BCUT2D eigenvalue weighted by atomic mass is 35.6. The highest BCUT2D eigenvalue weighted by Crippen LogP contribution is 2.36. The van der Waals surface area contributed by atoms with Crippen molar-refractivity contribution in [3.8, 4) is 0 Å². The van der Waals surface area contributed by atoms with Crippen LogP contribution in [0.3, 0.4) is 0 Å². The van der Waals surface area contributed by atoms with Crippen LogP contribution in [-0.2, 0) is 9.53 Å². The number of hydrogen-bond acceptors (Lipinski definition) is 2. The molecule has 1 N–H and O–H groups in total. The Morgan fingerprint density at radius 3 is 2.40 bits per heavy atom. The zero-order valence-electron chi connectivity index (χ0n) is 4.66. The van der Waals surface area contributed by atoms with Crippen LogP contribution in [0.25, 0.3) is 0 Å². The van der Waals surface area contributed by atoms with Crippen molar-refractivity contribution in [3.63, 3.8) is 0 Å². The van der Waals surface area contributed by atoms with Crippen LogP contribution in [0.2, 0.25) is 0 Å². The SMILES string of the molecule is O=C1CO[C-](C(Cl)(Cl)Cl)N1. The van der Waals surface area contributed by atoms with Gasteiger partial charge in [-0.1, -0.05) is 6.23 Å². The van der Waals surface area contributed by atoms with Gasteiger partial charge in [-0.3, -0.25) is 4.79 Å². The smallest absolute Gasteiger partial charge is 0.216 e. The second-order valence-electron chi connectivity index (χ2n) is 1.66. The lowest BCUT2D eigenvalue weighted by Crippen LogP contribution is -2.29. The second kappa shape index (κ2) is 2.74. The zero-order chi connectivity index (χ0) is 7.78. The van der Waals surface area contributed by atoms with Gasteiger partial charge in [0.2, 0.25) is 5.91 Å². The fraction of sp³-hybridized carbons (Fsp3) is 0.500. The minimum Gasteiger partial charge on any atom is -0.517 e. The quantitative estimate of drug-likeness (QED) is 0.471. The van der Waals surface area contributed by atoms with Gasteiger partial charge in [-0.2, -0.15) is 0 Å². The number of halogens is 3. The summed E-state index contributed by atoms with van der Waals surface area (Å²) in [6.07, 6.45) is -0.0255. The van der Waals surface area contributed by atoms with Gasteiger partial charge in [0.1, 0.15) is 3.79 Å². The van der Waals surface area contributed by atoms with Crippen molar-refractivity contribution in [2.24, 2.45) is 0 Å². The summed E-state index contributed by atoms with van der Waals surface area (Å²) in [7, 11) is 0. The van der Waals surface area contributed by atoms with E-state index >= 15 is 0 Å². The van der Waals surface area contributed by atoms with E-state index in [1.165, 1.54) is 0 Å². The van der Waals surface area contributed by atoms with Crippen LogP contribution in [-0.4, -0.2) is 16.3 Å². The molecular weight excluding hydrogens is 200 g/mol. The number of amides is 1. The van der Waals surface area contributed by atoms with Gasteiger partial charge < -0.3 is 10.1 Å². The Kier molecular flexibility index (Phi) is 2.30. The van der Waals surface area contributed by atoms with Crippen LogP contribution >= 0.6 is 34.8 Å². The van der Waals surface area contributed by atoms with Gasteiger partial charge in [0.25, 0.3) is 0 Å². The third-order valence-electron chi connectivity index (χ3n) is 0.858. The molecule has 1 saturated heterocycles. The molecule has 0 aromatic carbocycles. The van der Waals surface area contributed by atoms with E-state index in [2.05, 4.69) is 10.1 Å². The Morgan fingerprint density at radius 2 is 2.20 bits per heavy atom. The number of carbonyl (C=O) groups is 1. The van der Waals surface area contributed by atoms with Gasteiger partial charge in [0.05, 0.1) is 6.61 Å². The molecule has 1 rings (SSSR count). The van der Waals surface area contributed by atoms with Crippen molar-refractivity contribution in [2.75, 3.05) is 6.61 Å². The monoisotopic (exact) mass is 202 g/mol. The third kappa shape index (κ3) is 1.89. The van der Waals surface area contributed by atoms with Gasteiger partial charge in [-0.25, -0.2) is 0 Å². The number of carbonyl (C=O) groups excluding carboxylic acids is 1. The van der Waals surface area contributed by atoms with E-state index in [-0.39, 0.29) is 18.7 Å². The van der Waals surface area contributed by atoms with Crippen LogP contribution < -0.4 is 5.32 Å². The molecule has 10 heavy (non-hydrogen) atoms. The first-order valence-electron chi connectivity index (χ1n) is 2.37. The van der Waals surface area contributed by atoms with Gasteiger partial charge in [0.15, 0.2) is 0 Å². The normalized spacial score (nSPS) is 21.3. The standard InChI is InChI=1S/C4H3Cl3NO2/c5-4(6,7)3-8-2(9)1-10-3/h1H2,(H,8,9)/q-1. The van der Waals surface area contributed by atoms with E-state index in [4.69, 9.17) is 34.8 Å². The summed E-state index contributed by atoms with van der Waals surface area (Å²) in [5.74, 6) is -0.304. The summed E-state index contributed by atoms with van der Waals surface area (Å²) in [5.41, 5.74) is 0. The van der Waals surface area contributed by atoms with Crippen molar-refractivity contribution in [1.82, 2.24) is 5.32 Å². The number of nitrogens with one attached hydrogen (secondary N) is 1. The van der Waals surface area contributed by atoms with E-state index in [9.17, 15) is 4.79 Å². The molecule has 3 nitrogen and oxygen atoms in total. The molecule has 1 aliphatic heterocycles. The number of rotatable bonds is 0. The zero-order valence-corrected chi connectivity index (χ0v) is 6.93. The van der Waals surface area contributed by atoms with E-state index in [1.54, 1.807) is 0 Å². The molecule has 1 heterocycles. The molecule has 0 aliphatic carbocycles. The lowest BCUT2D eigenvalue weighted by atomic mass is 10.6. The van der Waals surface area contributed by atoms with Crippen LogP contribution in [0.4, 0.5) is 0 Å². The van der Waals surface area contributed by atoms with Crippen LogP contribution in [0.15, 0.2) is 0 Å². The Bertz CT molecular complexity index is 155. The van der Waals surface area contributed by atoms with Gasteiger partial charge in [0, 0.05) is 0 Å². The molecule has 0 atom stereocenters. The molecule has 0 radical (unpaired) electrons. The summed E-state index contributed by atoms with van der Waals surface area (Å²) in [5, 5.41) is 2.25. The van der Waals surface area contributed by atoms with E-state index in [0.717, 1.165) is 0 Å². The molecule has 1 fully saturated rings. The second-order valence-corrected chi connectivity index (χ2v) is 3.94. The van der Waals surface area contributed by atoms with Gasteiger partial charge in [-0.05, 0) is 0 Å². The van der Waals surface area contributed by atoms with E-state index < -0.39 is 3.79 Å². The molecule has 0 aromatic rings. The fourth-order valence-corrected chi connectivity index (χ4v) is 0.795. The Morgan fingerprint density at radius 1 is 1.60 bits per heavy atom. The average Bonchev–Trinajstić information content (AvgIpc) is 2.11. The van der Waals surface area contributed by atoms with Crippen molar-refractivity contribution < 1.29 is 9.53 Å². The fourth-order valence-electron chi connectivity index (χ4n) is 0.489. The Labute approximate surface area is 72.6 Å². The first-order chi connectivity index (χ1) is 4.50. The average molecular weight is 203 g/mol. The largest absolute Gasteiger partial charge is 0.517 e. The maximum atomic E-state index is 10.5. The van der Waals surface area contributed by atoms with Crippen LogP contribution in [0.5, 0.6) is 0 Å². The first-order valence-corrected chi connectivity index (χ1v) is 3.50. The molecule has 1 aliphatic rings. The Hall–Kier alpha value is 0.300. The molecule has 58 valence electrons. The molecule has 1 amide bonds. The Balaban J connectivity index is 2.53. The lowest BCUT2D eigenvalue weighted by Gasteiger charge is -2.31. The highest BCUT2D eigenvalue weighted by molar-refractivity contribution is 6.69. The topological polar surface area (TPSA) is 38.3 Å². The van der Waals surface area contributed by atoms with Crippen LogP contribution in [0, 0.1) is 6.23 Å². The highest BCUT2D eigenvalue weighted by Gasteiger charge is 2.25. The first kappa shape index (κ1) is 8.40. The van der Waals surface area contributed by atoms with Crippen LogP contribution in [0.1, 0.15) is 0 Å². The predicted molar refractivity (Wildman–Crippen MR) is 37.6 cm³/mol. The van der Waals surface area contributed by atoms with E-state index in [1.807, 2.05) is 0 Å². The molecule has 0 unspecified atom stereocenters.